The molecule has 1 heterocycles. The largest absolute Gasteiger partial charge is 0.337 e. The quantitative estimate of drug-likeness (QED) is 0.783. The van der Waals surface area contributed by atoms with Gasteiger partial charge in [-0.1, -0.05) is 62.4 Å². The van der Waals surface area contributed by atoms with Crippen molar-refractivity contribution in [1.29, 1.82) is 0 Å². The molecule has 0 aromatic heterocycles. The minimum absolute atomic E-state index is 0.0487. The summed E-state index contributed by atoms with van der Waals surface area (Å²) < 4.78 is 41.6. The van der Waals surface area contributed by atoms with E-state index in [9.17, 15) is 13.2 Å². The molecular formula is C22H27FN2O3S. The highest BCUT2D eigenvalue weighted by molar-refractivity contribution is 7.88. The van der Waals surface area contributed by atoms with E-state index in [0.29, 0.717) is 24.1 Å². The predicted octanol–water partition coefficient (Wildman–Crippen LogP) is 3.21. The van der Waals surface area contributed by atoms with E-state index in [0.717, 1.165) is 11.8 Å². The smallest absolute Gasteiger partial charge is 0.225 e. The van der Waals surface area contributed by atoms with Crippen LogP contribution in [-0.4, -0.2) is 44.1 Å². The van der Waals surface area contributed by atoms with Crippen molar-refractivity contribution >= 4 is 15.9 Å². The lowest BCUT2D eigenvalue weighted by Crippen LogP contribution is -2.48. The SMILES string of the molecule is CC(C)C(=O)N1CC[C@@H](NS(C)(=O)=O)[C@H]1Cc1cccc(-c2ccccc2)c1F. The third-order valence-corrected chi connectivity index (χ3v) is 6.01. The number of likely N-dealkylation sites (tertiary alicyclic amines) is 1. The third kappa shape index (κ3) is 5.03. The average molecular weight is 419 g/mol. The van der Waals surface area contributed by atoms with Gasteiger partial charge in [-0.05, 0) is 24.0 Å². The van der Waals surface area contributed by atoms with Crippen LogP contribution in [0.2, 0.25) is 0 Å². The van der Waals surface area contributed by atoms with Gasteiger partial charge in [0.2, 0.25) is 15.9 Å². The third-order valence-electron chi connectivity index (χ3n) is 5.28. The summed E-state index contributed by atoms with van der Waals surface area (Å²) >= 11 is 0. The number of nitrogens with zero attached hydrogens (tertiary/aromatic N) is 1. The molecule has 29 heavy (non-hydrogen) atoms. The second-order valence-corrected chi connectivity index (χ2v) is 9.67. The van der Waals surface area contributed by atoms with Crippen LogP contribution < -0.4 is 4.72 Å². The Labute approximate surface area is 172 Å². The highest BCUT2D eigenvalue weighted by Gasteiger charge is 2.39. The molecule has 1 N–H and O–H groups in total. The Bertz CT molecular complexity index is 977. The molecule has 5 nitrogen and oxygen atoms in total. The number of carbonyl (C=O) groups is 1. The molecule has 0 radical (unpaired) electrons. The Kier molecular flexibility index (Phi) is 6.39. The highest BCUT2D eigenvalue weighted by atomic mass is 32.2. The Balaban J connectivity index is 1.94. The lowest BCUT2D eigenvalue weighted by molar-refractivity contribution is -0.135. The van der Waals surface area contributed by atoms with Crippen molar-refractivity contribution in [2.45, 2.75) is 38.8 Å². The van der Waals surface area contributed by atoms with E-state index in [1.807, 2.05) is 44.2 Å². The maximum absolute atomic E-state index is 15.3. The van der Waals surface area contributed by atoms with Crippen molar-refractivity contribution in [2.24, 2.45) is 5.92 Å². The molecule has 1 amide bonds. The van der Waals surface area contributed by atoms with E-state index in [2.05, 4.69) is 4.72 Å². The number of amides is 1. The van der Waals surface area contributed by atoms with Crippen LogP contribution in [0.3, 0.4) is 0 Å². The summed E-state index contributed by atoms with van der Waals surface area (Å²) in [6.07, 6.45) is 1.86. The van der Waals surface area contributed by atoms with Gasteiger partial charge in [0.25, 0.3) is 0 Å². The Morgan fingerprint density at radius 3 is 2.48 bits per heavy atom. The first-order chi connectivity index (χ1) is 13.7. The predicted molar refractivity (Wildman–Crippen MR) is 112 cm³/mol. The maximum atomic E-state index is 15.3. The van der Waals surface area contributed by atoms with Crippen LogP contribution in [0.15, 0.2) is 48.5 Å². The van der Waals surface area contributed by atoms with Crippen molar-refractivity contribution in [1.82, 2.24) is 9.62 Å². The van der Waals surface area contributed by atoms with Crippen molar-refractivity contribution in [3.63, 3.8) is 0 Å². The molecule has 1 aliphatic heterocycles. The van der Waals surface area contributed by atoms with Crippen molar-refractivity contribution in [3.05, 3.63) is 59.9 Å². The van der Waals surface area contributed by atoms with Crippen molar-refractivity contribution < 1.29 is 17.6 Å². The minimum Gasteiger partial charge on any atom is -0.337 e. The van der Waals surface area contributed by atoms with Gasteiger partial charge >= 0.3 is 0 Å². The van der Waals surface area contributed by atoms with E-state index < -0.39 is 22.1 Å². The molecule has 2 atom stereocenters. The average Bonchev–Trinajstić information content (AvgIpc) is 3.04. The first-order valence-electron chi connectivity index (χ1n) is 9.78. The molecule has 156 valence electrons. The summed E-state index contributed by atoms with van der Waals surface area (Å²) in [6.45, 7) is 4.08. The molecule has 2 aromatic rings. The standard InChI is InChI=1S/C22H27FN2O3S/c1-15(2)22(26)25-13-12-19(24-29(3,27)28)20(25)14-17-10-7-11-18(21(17)23)16-8-5-4-6-9-16/h4-11,15,19-20,24H,12-14H2,1-3H3/t19-,20-/m1/s1. The molecule has 0 unspecified atom stereocenters. The van der Waals surface area contributed by atoms with Gasteiger partial charge < -0.3 is 4.90 Å². The topological polar surface area (TPSA) is 66.5 Å². The fourth-order valence-electron chi connectivity index (χ4n) is 3.93. The van der Waals surface area contributed by atoms with E-state index >= 15 is 4.39 Å². The van der Waals surface area contributed by atoms with Gasteiger partial charge in [-0.25, -0.2) is 17.5 Å². The molecular weight excluding hydrogens is 391 g/mol. The van der Waals surface area contributed by atoms with Gasteiger partial charge in [-0.15, -0.1) is 0 Å². The molecule has 1 saturated heterocycles. The first-order valence-corrected chi connectivity index (χ1v) is 11.7. The van der Waals surface area contributed by atoms with Crippen molar-refractivity contribution in [2.75, 3.05) is 12.8 Å². The van der Waals surface area contributed by atoms with Gasteiger partial charge in [0.15, 0.2) is 0 Å². The summed E-state index contributed by atoms with van der Waals surface area (Å²) in [5.74, 6) is -0.594. The number of rotatable bonds is 6. The second-order valence-electron chi connectivity index (χ2n) is 7.89. The lowest BCUT2D eigenvalue weighted by atomic mass is 9.95. The molecule has 1 fully saturated rings. The zero-order valence-electron chi connectivity index (χ0n) is 16.9. The monoisotopic (exact) mass is 418 g/mol. The highest BCUT2D eigenvalue weighted by Crippen LogP contribution is 2.29. The van der Waals surface area contributed by atoms with Crippen LogP contribution in [0.5, 0.6) is 0 Å². The van der Waals surface area contributed by atoms with Crippen LogP contribution in [0.25, 0.3) is 11.1 Å². The summed E-state index contributed by atoms with van der Waals surface area (Å²) in [4.78, 5) is 14.4. The summed E-state index contributed by atoms with van der Waals surface area (Å²) in [6, 6.07) is 13.6. The molecule has 0 bridgehead atoms. The molecule has 0 aliphatic carbocycles. The van der Waals surface area contributed by atoms with E-state index in [1.165, 1.54) is 0 Å². The zero-order valence-corrected chi connectivity index (χ0v) is 17.7. The van der Waals surface area contributed by atoms with Crippen LogP contribution in [-0.2, 0) is 21.2 Å². The first kappa shape index (κ1) is 21.5. The number of nitrogens with one attached hydrogen (secondary N) is 1. The van der Waals surface area contributed by atoms with E-state index in [4.69, 9.17) is 0 Å². The molecule has 0 spiro atoms. The van der Waals surface area contributed by atoms with Crippen LogP contribution >= 0.6 is 0 Å². The normalized spacial score (nSPS) is 19.7. The maximum Gasteiger partial charge on any atom is 0.225 e. The second kappa shape index (κ2) is 8.63. The minimum atomic E-state index is -3.45. The Morgan fingerprint density at radius 2 is 1.86 bits per heavy atom. The van der Waals surface area contributed by atoms with Gasteiger partial charge in [-0.2, -0.15) is 0 Å². The molecule has 7 heteroatoms. The van der Waals surface area contributed by atoms with Gasteiger partial charge in [0, 0.05) is 24.1 Å². The summed E-state index contributed by atoms with van der Waals surface area (Å²) in [5, 5.41) is 0. The molecule has 3 rings (SSSR count). The molecule has 0 saturated carbocycles. The van der Waals surface area contributed by atoms with Gasteiger partial charge in [-0.3, -0.25) is 4.79 Å². The molecule has 1 aliphatic rings. The van der Waals surface area contributed by atoms with Crippen LogP contribution in [0.4, 0.5) is 4.39 Å². The number of halogens is 1. The number of hydrogen-bond acceptors (Lipinski definition) is 3. The van der Waals surface area contributed by atoms with E-state index in [1.54, 1.807) is 23.1 Å². The fraction of sp³-hybridized carbons (Fsp3) is 0.409. The van der Waals surface area contributed by atoms with Crippen LogP contribution in [0, 0.1) is 11.7 Å². The number of sulfonamides is 1. The number of benzene rings is 2. The summed E-state index contributed by atoms with van der Waals surface area (Å²) in [7, 11) is -3.45. The number of carbonyl (C=O) groups excluding carboxylic acids is 1. The Morgan fingerprint density at radius 1 is 1.17 bits per heavy atom. The zero-order chi connectivity index (χ0) is 21.2. The van der Waals surface area contributed by atoms with E-state index in [-0.39, 0.29) is 24.1 Å². The van der Waals surface area contributed by atoms with Gasteiger partial charge in [0.1, 0.15) is 5.82 Å². The van der Waals surface area contributed by atoms with Crippen LogP contribution in [0.1, 0.15) is 25.8 Å². The lowest BCUT2D eigenvalue weighted by Gasteiger charge is -2.30. The fourth-order valence-corrected chi connectivity index (χ4v) is 4.75. The summed E-state index contributed by atoms with van der Waals surface area (Å²) in [5.41, 5.74) is 1.75. The Hall–Kier alpha value is -2.25. The molecule has 2 aromatic carbocycles. The number of hydrogen-bond donors (Lipinski definition) is 1. The van der Waals surface area contributed by atoms with Crippen molar-refractivity contribution in [3.8, 4) is 11.1 Å². The van der Waals surface area contributed by atoms with Gasteiger partial charge in [0.05, 0.1) is 12.3 Å².